The van der Waals surface area contributed by atoms with Gasteiger partial charge >= 0.3 is 0 Å². The van der Waals surface area contributed by atoms with E-state index in [4.69, 9.17) is 0 Å². The third-order valence-corrected chi connectivity index (χ3v) is 7.83. The Labute approximate surface area is 223 Å². The third kappa shape index (κ3) is 8.46. The van der Waals surface area contributed by atoms with Crippen molar-refractivity contribution in [2.75, 3.05) is 5.75 Å². The molecule has 1 fully saturated rings. The molecule has 4 rings (SSSR count). The zero-order chi connectivity index (χ0) is 25.9. The van der Waals surface area contributed by atoms with Gasteiger partial charge in [0, 0.05) is 36.1 Å². The van der Waals surface area contributed by atoms with Gasteiger partial charge in [-0.15, -0.1) is 11.8 Å². The molecule has 0 bridgehead atoms. The van der Waals surface area contributed by atoms with Crippen LogP contribution in [-0.2, 0) is 22.6 Å². The van der Waals surface area contributed by atoms with Gasteiger partial charge in [-0.3, -0.25) is 9.59 Å². The van der Waals surface area contributed by atoms with Gasteiger partial charge in [-0.25, -0.2) is 4.39 Å². The van der Waals surface area contributed by atoms with E-state index in [2.05, 4.69) is 5.32 Å². The van der Waals surface area contributed by atoms with E-state index in [9.17, 15) is 14.0 Å². The van der Waals surface area contributed by atoms with Crippen LogP contribution in [-0.4, -0.2) is 34.6 Å². The van der Waals surface area contributed by atoms with Crippen molar-refractivity contribution in [2.45, 2.75) is 68.5 Å². The van der Waals surface area contributed by atoms with Gasteiger partial charge in [-0.05, 0) is 48.2 Å². The van der Waals surface area contributed by atoms with Crippen LogP contribution in [0, 0.1) is 5.82 Å². The standard InChI is InChI=1S/C31H35FN2O2S/c32-26-18-16-25(17-19-26)23-34(30(35)20-21-37-28-14-8-3-9-15-28)29(22-24-10-4-1-5-11-24)31(36)33-27-12-6-2-7-13-27/h1,3-5,8-11,14-19,27,29H,2,6-7,12-13,20-23H2,(H,33,36)/t29-/m1/s1. The van der Waals surface area contributed by atoms with Gasteiger partial charge in [0.25, 0.3) is 0 Å². The molecule has 1 N–H and O–H groups in total. The highest BCUT2D eigenvalue weighted by atomic mass is 32.2. The normalized spacial score (nSPS) is 14.6. The molecule has 0 aliphatic heterocycles. The Hall–Kier alpha value is -3.12. The summed E-state index contributed by atoms with van der Waals surface area (Å²) >= 11 is 1.63. The lowest BCUT2D eigenvalue weighted by atomic mass is 9.94. The van der Waals surface area contributed by atoms with E-state index < -0.39 is 6.04 Å². The Bertz CT molecular complexity index is 1120. The van der Waals surface area contributed by atoms with E-state index in [-0.39, 0.29) is 30.2 Å². The van der Waals surface area contributed by atoms with Crippen molar-refractivity contribution in [3.63, 3.8) is 0 Å². The second kappa shape index (κ2) is 14.0. The van der Waals surface area contributed by atoms with Crippen LogP contribution < -0.4 is 5.32 Å². The van der Waals surface area contributed by atoms with Gasteiger partial charge < -0.3 is 10.2 Å². The highest BCUT2D eigenvalue weighted by Crippen LogP contribution is 2.22. The third-order valence-electron chi connectivity index (χ3n) is 6.82. The topological polar surface area (TPSA) is 49.4 Å². The minimum atomic E-state index is -0.649. The molecule has 0 radical (unpaired) electrons. The molecular weight excluding hydrogens is 483 g/mol. The number of hydrogen-bond acceptors (Lipinski definition) is 3. The Morgan fingerprint density at radius 1 is 0.865 bits per heavy atom. The Morgan fingerprint density at radius 3 is 2.19 bits per heavy atom. The van der Waals surface area contributed by atoms with E-state index in [0.29, 0.717) is 18.6 Å². The predicted octanol–water partition coefficient (Wildman–Crippen LogP) is 6.40. The number of rotatable bonds is 11. The molecule has 3 aromatic carbocycles. The monoisotopic (exact) mass is 518 g/mol. The van der Waals surface area contributed by atoms with Crippen LogP contribution in [0.4, 0.5) is 4.39 Å². The fourth-order valence-electron chi connectivity index (χ4n) is 4.80. The Balaban J connectivity index is 1.56. The zero-order valence-electron chi connectivity index (χ0n) is 21.2. The summed E-state index contributed by atoms with van der Waals surface area (Å²) in [6, 6.07) is 25.5. The van der Waals surface area contributed by atoms with Crippen LogP contribution in [0.5, 0.6) is 0 Å². The number of nitrogens with one attached hydrogen (secondary N) is 1. The van der Waals surface area contributed by atoms with Gasteiger partial charge in [-0.1, -0.05) is 79.9 Å². The van der Waals surface area contributed by atoms with E-state index in [1.165, 1.54) is 18.6 Å². The maximum absolute atomic E-state index is 13.7. The van der Waals surface area contributed by atoms with Crippen molar-refractivity contribution in [3.05, 3.63) is 102 Å². The largest absolute Gasteiger partial charge is 0.352 e. The number of carbonyl (C=O) groups is 2. The Morgan fingerprint density at radius 2 is 1.51 bits per heavy atom. The lowest BCUT2D eigenvalue weighted by Gasteiger charge is -2.33. The zero-order valence-corrected chi connectivity index (χ0v) is 22.0. The molecular formula is C31H35FN2O2S. The van der Waals surface area contributed by atoms with Gasteiger partial charge in [-0.2, -0.15) is 0 Å². The number of benzene rings is 3. The molecule has 0 saturated heterocycles. The first kappa shape index (κ1) is 26.9. The summed E-state index contributed by atoms with van der Waals surface area (Å²) in [4.78, 5) is 30.2. The van der Waals surface area contributed by atoms with Gasteiger partial charge in [0.05, 0.1) is 0 Å². The smallest absolute Gasteiger partial charge is 0.243 e. The molecule has 4 nitrogen and oxygen atoms in total. The highest BCUT2D eigenvalue weighted by molar-refractivity contribution is 7.99. The van der Waals surface area contributed by atoms with Crippen LogP contribution in [0.3, 0.4) is 0 Å². The van der Waals surface area contributed by atoms with Gasteiger partial charge in [0.1, 0.15) is 11.9 Å². The van der Waals surface area contributed by atoms with Gasteiger partial charge in [0.15, 0.2) is 0 Å². The van der Waals surface area contributed by atoms with Crippen LogP contribution in [0.15, 0.2) is 89.8 Å². The molecule has 37 heavy (non-hydrogen) atoms. The molecule has 1 saturated carbocycles. The fourth-order valence-corrected chi connectivity index (χ4v) is 5.66. The van der Waals surface area contributed by atoms with Crippen LogP contribution in [0.25, 0.3) is 0 Å². The van der Waals surface area contributed by atoms with Gasteiger partial charge in [0.2, 0.25) is 11.8 Å². The summed E-state index contributed by atoms with van der Waals surface area (Å²) in [6.45, 7) is 0.255. The number of carbonyl (C=O) groups excluding carboxylic acids is 2. The van der Waals surface area contributed by atoms with Crippen molar-refractivity contribution < 1.29 is 14.0 Å². The maximum atomic E-state index is 13.7. The summed E-state index contributed by atoms with van der Waals surface area (Å²) in [5.41, 5.74) is 1.80. The van der Waals surface area contributed by atoms with Crippen molar-refractivity contribution >= 4 is 23.6 Å². The summed E-state index contributed by atoms with van der Waals surface area (Å²) < 4.78 is 13.6. The minimum absolute atomic E-state index is 0.0764. The molecule has 1 aliphatic rings. The van der Waals surface area contributed by atoms with Crippen molar-refractivity contribution in [3.8, 4) is 0 Å². The van der Waals surface area contributed by atoms with E-state index in [1.807, 2.05) is 60.7 Å². The summed E-state index contributed by atoms with van der Waals surface area (Å²) in [5.74, 6) is 0.108. The SMILES string of the molecule is O=C(NC1CCCCC1)[C@@H](Cc1ccccc1)N(Cc1ccc(F)cc1)C(=O)CCSc1ccccc1. The molecule has 0 heterocycles. The molecule has 3 aromatic rings. The first-order chi connectivity index (χ1) is 18.1. The molecule has 0 aromatic heterocycles. The van der Waals surface area contributed by atoms with E-state index in [1.54, 1.807) is 28.8 Å². The predicted molar refractivity (Wildman–Crippen MR) is 148 cm³/mol. The van der Waals surface area contributed by atoms with Crippen LogP contribution in [0.1, 0.15) is 49.7 Å². The molecule has 6 heteroatoms. The quantitative estimate of drug-likeness (QED) is 0.299. The lowest BCUT2D eigenvalue weighted by Crippen LogP contribution is -2.52. The maximum Gasteiger partial charge on any atom is 0.243 e. The second-order valence-electron chi connectivity index (χ2n) is 9.61. The van der Waals surface area contributed by atoms with E-state index >= 15 is 0 Å². The van der Waals surface area contributed by atoms with E-state index in [0.717, 1.165) is 41.7 Å². The lowest BCUT2D eigenvalue weighted by molar-refractivity contribution is -0.141. The number of thioether (sulfide) groups is 1. The molecule has 1 aliphatic carbocycles. The van der Waals surface area contributed by atoms with Crippen molar-refractivity contribution in [1.29, 1.82) is 0 Å². The van der Waals surface area contributed by atoms with Crippen LogP contribution >= 0.6 is 11.8 Å². The molecule has 2 amide bonds. The second-order valence-corrected chi connectivity index (χ2v) is 10.8. The van der Waals surface area contributed by atoms with Crippen molar-refractivity contribution in [1.82, 2.24) is 10.2 Å². The molecule has 0 unspecified atom stereocenters. The fraction of sp³-hybridized carbons (Fsp3) is 0.355. The number of nitrogens with zero attached hydrogens (tertiary/aromatic N) is 1. The number of amides is 2. The summed E-state index contributed by atoms with van der Waals surface area (Å²) in [5, 5.41) is 3.25. The van der Waals surface area contributed by atoms with Crippen LogP contribution in [0.2, 0.25) is 0 Å². The summed E-state index contributed by atoms with van der Waals surface area (Å²) in [6.07, 6.45) is 6.12. The Kier molecular flexibility index (Phi) is 10.2. The average Bonchev–Trinajstić information content (AvgIpc) is 2.93. The first-order valence-corrected chi connectivity index (χ1v) is 14.1. The molecule has 194 valence electrons. The average molecular weight is 519 g/mol. The number of hydrogen-bond donors (Lipinski definition) is 1. The number of halogens is 1. The highest BCUT2D eigenvalue weighted by Gasteiger charge is 2.31. The summed E-state index contributed by atoms with van der Waals surface area (Å²) in [7, 11) is 0. The first-order valence-electron chi connectivity index (χ1n) is 13.1. The molecule has 0 spiro atoms. The molecule has 1 atom stereocenters. The minimum Gasteiger partial charge on any atom is -0.352 e. The van der Waals surface area contributed by atoms with Crippen molar-refractivity contribution in [2.24, 2.45) is 0 Å².